The molecule has 0 aromatic rings. The standard InChI is InChI=1S/C8H17NO3S/c1-3-9-13(10,11)8-4-5-12-6-7(8)2/h7-9H,3-6H2,1-2H3/t7-,8+/m1/s1. The van der Waals surface area contributed by atoms with Crippen LogP contribution in [0.15, 0.2) is 0 Å². The highest BCUT2D eigenvalue weighted by Gasteiger charge is 2.32. The number of rotatable bonds is 3. The van der Waals surface area contributed by atoms with Gasteiger partial charge in [-0.25, -0.2) is 13.1 Å². The predicted molar refractivity (Wildman–Crippen MR) is 51.0 cm³/mol. The van der Waals surface area contributed by atoms with E-state index in [2.05, 4.69) is 4.72 Å². The number of sulfonamides is 1. The summed E-state index contributed by atoms with van der Waals surface area (Å²) in [6, 6.07) is 0. The Bertz CT molecular complexity index is 250. The van der Waals surface area contributed by atoms with Gasteiger partial charge in [0.05, 0.1) is 11.9 Å². The highest BCUT2D eigenvalue weighted by molar-refractivity contribution is 7.90. The van der Waals surface area contributed by atoms with E-state index in [4.69, 9.17) is 4.74 Å². The second-order valence-corrected chi connectivity index (χ2v) is 5.41. The minimum absolute atomic E-state index is 0.0952. The molecule has 5 heteroatoms. The van der Waals surface area contributed by atoms with Crippen molar-refractivity contribution in [3.63, 3.8) is 0 Å². The molecule has 1 heterocycles. The van der Waals surface area contributed by atoms with Gasteiger partial charge in [-0.1, -0.05) is 13.8 Å². The first-order valence-corrected chi connectivity index (χ1v) is 6.18. The molecule has 2 atom stereocenters. The molecule has 0 saturated carbocycles. The van der Waals surface area contributed by atoms with Gasteiger partial charge in [0.25, 0.3) is 0 Å². The highest BCUT2D eigenvalue weighted by Crippen LogP contribution is 2.20. The SMILES string of the molecule is CCNS(=O)(=O)[C@H]1CCOC[C@H]1C. The molecule has 0 amide bonds. The maximum absolute atomic E-state index is 11.6. The first-order valence-electron chi connectivity index (χ1n) is 4.64. The predicted octanol–water partition coefficient (Wildman–Crippen LogP) is 0.351. The van der Waals surface area contributed by atoms with Crippen LogP contribution >= 0.6 is 0 Å². The van der Waals surface area contributed by atoms with Gasteiger partial charge in [-0.2, -0.15) is 0 Å². The van der Waals surface area contributed by atoms with E-state index < -0.39 is 10.0 Å². The topological polar surface area (TPSA) is 55.4 Å². The number of hydrogen-bond acceptors (Lipinski definition) is 3. The van der Waals surface area contributed by atoms with Crippen molar-refractivity contribution in [3.8, 4) is 0 Å². The molecule has 1 saturated heterocycles. The smallest absolute Gasteiger partial charge is 0.214 e. The van der Waals surface area contributed by atoms with Crippen LogP contribution in [0.2, 0.25) is 0 Å². The van der Waals surface area contributed by atoms with Gasteiger partial charge in [0, 0.05) is 13.2 Å². The Hall–Kier alpha value is -0.130. The molecule has 78 valence electrons. The molecule has 1 fully saturated rings. The molecule has 1 rings (SSSR count). The molecule has 1 aliphatic rings. The van der Waals surface area contributed by atoms with Gasteiger partial charge < -0.3 is 4.74 Å². The third-order valence-electron chi connectivity index (χ3n) is 2.31. The Balaban J connectivity index is 2.68. The molecule has 4 nitrogen and oxygen atoms in total. The lowest BCUT2D eigenvalue weighted by atomic mass is 10.0. The molecule has 0 aliphatic carbocycles. The van der Waals surface area contributed by atoms with Crippen LogP contribution in [0.5, 0.6) is 0 Å². The van der Waals surface area contributed by atoms with Crippen LogP contribution in [-0.2, 0) is 14.8 Å². The van der Waals surface area contributed by atoms with Gasteiger partial charge >= 0.3 is 0 Å². The van der Waals surface area contributed by atoms with E-state index in [0.717, 1.165) is 0 Å². The maximum atomic E-state index is 11.6. The summed E-state index contributed by atoms with van der Waals surface area (Å²) in [5, 5.41) is -0.277. The molecule has 1 N–H and O–H groups in total. The Morgan fingerprint density at radius 1 is 1.54 bits per heavy atom. The fourth-order valence-electron chi connectivity index (χ4n) is 1.63. The van der Waals surface area contributed by atoms with Crippen molar-refractivity contribution in [1.29, 1.82) is 0 Å². The Morgan fingerprint density at radius 3 is 2.77 bits per heavy atom. The summed E-state index contributed by atoms with van der Waals surface area (Å²) in [4.78, 5) is 0. The van der Waals surface area contributed by atoms with Gasteiger partial charge in [-0.15, -0.1) is 0 Å². The second kappa shape index (κ2) is 4.39. The number of ether oxygens (including phenoxy) is 1. The summed E-state index contributed by atoms with van der Waals surface area (Å²) in [5.41, 5.74) is 0. The van der Waals surface area contributed by atoms with E-state index in [1.165, 1.54) is 0 Å². The van der Waals surface area contributed by atoms with E-state index in [1.807, 2.05) is 6.92 Å². The van der Waals surface area contributed by atoms with Crippen molar-refractivity contribution in [2.24, 2.45) is 5.92 Å². The van der Waals surface area contributed by atoms with E-state index in [0.29, 0.717) is 26.2 Å². The molecule has 0 aromatic heterocycles. The van der Waals surface area contributed by atoms with Crippen LogP contribution in [0.25, 0.3) is 0 Å². The molecule has 0 unspecified atom stereocenters. The van der Waals surface area contributed by atoms with Crippen LogP contribution in [0.4, 0.5) is 0 Å². The summed E-state index contributed by atoms with van der Waals surface area (Å²) >= 11 is 0. The Morgan fingerprint density at radius 2 is 2.23 bits per heavy atom. The molecule has 1 aliphatic heterocycles. The van der Waals surface area contributed by atoms with Crippen LogP contribution in [0.3, 0.4) is 0 Å². The Kier molecular flexibility index (Phi) is 3.70. The van der Waals surface area contributed by atoms with Crippen molar-refractivity contribution in [2.75, 3.05) is 19.8 Å². The lowest BCUT2D eigenvalue weighted by molar-refractivity contribution is 0.0635. The summed E-state index contributed by atoms with van der Waals surface area (Å²) in [6.45, 7) is 5.28. The zero-order valence-electron chi connectivity index (χ0n) is 8.12. The third-order valence-corrected chi connectivity index (χ3v) is 4.49. The maximum Gasteiger partial charge on any atom is 0.214 e. The minimum atomic E-state index is -3.11. The second-order valence-electron chi connectivity index (χ2n) is 3.42. The van der Waals surface area contributed by atoms with Gasteiger partial charge in [0.15, 0.2) is 0 Å². The zero-order chi connectivity index (χ0) is 9.90. The summed E-state index contributed by atoms with van der Waals surface area (Å²) < 4.78 is 31.0. The molecule has 0 spiro atoms. The quantitative estimate of drug-likeness (QED) is 0.726. The highest BCUT2D eigenvalue weighted by atomic mass is 32.2. The number of hydrogen-bond donors (Lipinski definition) is 1. The monoisotopic (exact) mass is 207 g/mol. The summed E-state index contributed by atoms with van der Waals surface area (Å²) in [5.74, 6) is 0.0952. The molecular formula is C8H17NO3S. The fourth-order valence-corrected chi connectivity index (χ4v) is 3.34. The average Bonchev–Trinajstić information content (AvgIpc) is 2.04. The van der Waals surface area contributed by atoms with Gasteiger partial charge in [0.2, 0.25) is 10.0 Å². The van der Waals surface area contributed by atoms with Crippen molar-refractivity contribution in [1.82, 2.24) is 4.72 Å². The van der Waals surface area contributed by atoms with Crippen molar-refractivity contribution in [2.45, 2.75) is 25.5 Å². The largest absolute Gasteiger partial charge is 0.381 e. The lowest BCUT2D eigenvalue weighted by Crippen LogP contribution is -2.42. The van der Waals surface area contributed by atoms with Gasteiger partial charge in [-0.3, -0.25) is 0 Å². The zero-order valence-corrected chi connectivity index (χ0v) is 8.93. The van der Waals surface area contributed by atoms with Crippen LogP contribution in [0.1, 0.15) is 20.3 Å². The van der Waals surface area contributed by atoms with Crippen molar-refractivity contribution in [3.05, 3.63) is 0 Å². The molecule has 0 bridgehead atoms. The van der Waals surface area contributed by atoms with Gasteiger partial charge in [-0.05, 0) is 12.3 Å². The fraction of sp³-hybridized carbons (Fsp3) is 1.00. The number of nitrogens with one attached hydrogen (secondary N) is 1. The third kappa shape index (κ3) is 2.65. The first-order chi connectivity index (χ1) is 6.08. The van der Waals surface area contributed by atoms with Crippen LogP contribution < -0.4 is 4.72 Å². The lowest BCUT2D eigenvalue weighted by Gasteiger charge is -2.28. The Labute approximate surface area is 79.7 Å². The van der Waals surface area contributed by atoms with Crippen LogP contribution in [0, 0.1) is 5.92 Å². The minimum Gasteiger partial charge on any atom is -0.381 e. The molecular weight excluding hydrogens is 190 g/mol. The molecule has 0 aromatic carbocycles. The van der Waals surface area contributed by atoms with Crippen molar-refractivity contribution < 1.29 is 13.2 Å². The van der Waals surface area contributed by atoms with E-state index in [1.54, 1.807) is 6.92 Å². The van der Waals surface area contributed by atoms with Crippen LogP contribution in [-0.4, -0.2) is 33.4 Å². The normalized spacial score (nSPS) is 30.3. The van der Waals surface area contributed by atoms with Gasteiger partial charge in [0.1, 0.15) is 0 Å². The van der Waals surface area contributed by atoms with Crippen molar-refractivity contribution >= 4 is 10.0 Å². The molecule has 13 heavy (non-hydrogen) atoms. The molecule has 0 radical (unpaired) electrons. The van der Waals surface area contributed by atoms with E-state index >= 15 is 0 Å². The first kappa shape index (κ1) is 10.9. The van der Waals surface area contributed by atoms with E-state index in [-0.39, 0.29) is 11.2 Å². The summed E-state index contributed by atoms with van der Waals surface area (Å²) in [7, 11) is -3.11. The average molecular weight is 207 g/mol. The van der Waals surface area contributed by atoms with E-state index in [9.17, 15) is 8.42 Å². The summed E-state index contributed by atoms with van der Waals surface area (Å²) in [6.07, 6.45) is 0.608.